The Morgan fingerprint density at radius 1 is 1.00 bits per heavy atom. The molecule has 1 amide bonds. The van der Waals surface area contributed by atoms with Crippen molar-refractivity contribution in [2.24, 2.45) is 0 Å². The highest BCUT2D eigenvalue weighted by Gasteiger charge is 2.26. The van der Waals surface area contributed by atoms with Crippen LogP contribution < -0.4 is 5.32 Å². The van der Waals surface area contributed by atoms with E-state index in [1.165, 1.54) is 0 Å². The van der Waals surface area contributed by atoms with Gasteiger partial charge in [0.1, 0.15) is 6.10 Å². The molecule has 0 heterocycles. The number of carboxylic acids is 1. The van der Waals surface area contributed by atoms with Gasteiger partial charge in [0.15, 0.2) is 0 Å². The van der Waals surface area contributed by atoms with Crippen LogP contribution in [0.4, 0.5) is 5.69 Å². The van der Waals surface area contributed by atoms with E-state index in [1.807, 2.05) is 24.3 Å². The van der Waals surface area contributed by atoms with E-state index in [0.717, 1.165) is 34.4 Å². The van der Waals surface area contributed by atoms with Crippen LogP contribution in [-0.2, 0) is 9.59 Å². The number of amides is 1. The van der Waals surface area contributed by atoms with Crippen molar-refractivity contribution in [2.45, 2.75) is 6.10 Å². The number of carboxylic acid groups (broad SMARTS) is 1. The van der Waals surface area contributed by atoms with Gasteiger partial charge in [-0.2, -0.15) is 0 Å². The number of benzene rings is 2. The number of fused-ring (bicyclic) bond motifs is 3. The largest absolute Gasteiger partial charge is 0.478 e. The Morgan fingerprint density at radius 2 is 1.73 bits per heavy atom. The van der Waals surface area contributed by atoms with Crippen LogP contribution in [0.2, 0.25) is 0 Å². The summed E-state index contributed by atoms with van der Waals surface area (Å²) in [6.45, 7) is 0. The smallest absolute Gasteiger partial charge is 0.328 e. The quantitative estimate of drug-likeness (QED) is 0.758. The SMILES string of the molecule is O=C(O)/C=C\C(=O)Nc1ccc2c(c1)-c1ccccc1C2O. The van der Waals surface area contributed by atoms with E-state index < -0.39 is 18.0 Å². The molecule has 0 saturated heterocycles. The molecule has 1 unspecified atom stereocenters. The molecule has 2 aromatic carbocycles. The lowest BCUT2D eigenvalue weighted by Gasteiger charge is -2.07. The van der Waals surface area contributed by atoms with Crippen LogP contribution in [-0.4, -0.2) is 22.1 Å². The summed E-state index contributed by atoms with van der Waals surface area (Å²) in [5.74, 6) is -1.70. The maximum Gasteiger partial charge on any atom is 0.328 e. The van der Waals surface area contributed by atoms with Crippen molar-refractivity contribution in [3.05, 3.63) is 65.7 Å². The molecule has 0 aromatic heterocycles. The van der Waals surface area contributed by atoms with Gasteiger partial charge in [-0.1, -0.05) is 30.3 Å². The second-order valence-electron chi connectivity index (χ2n) is 4.95. The van der Waals surface area contributed by atoms with Crippen LogP contribution in [0.3, 0.4) is 0 Å². The fraction of sp³-hybridized carbons (Fsp3) is 0.0588. The zero-order valence-electron chi connectivity index (χ0n) is 11.5. The summed E-state index contributed by atoms with van der Waals surface area (Å²) in [6, 6.07) is 12.8. The lowest BCUT2D eigenvalue weighted by Crippen LogP contribution is -2.08. The maximum atomic E-state index is 11.6. The maximum absolute atomic E-state index is 11.6. The molecule has 1 atom stereocenters. The highest BCUT2D eigenvalue weighted by Crippen LogP contribution is 2.44. The molecule has 1 aliphatic carbocycles. The average molecular weight is 295 g/mol. The lowest BCUT2D eigenvalue weighted by molar-refractivity contribution is -0.131. The van der Waals surface area contributed by atoms with E-state index in [9.17, 15) is 14.7 Å². The molecule has 0 radical (unpaired) electrons. The van der Waals surface area contributed by atoms with E-state index >= 15 is 0 Å². The first-order chi connectivity index (χ1) is 10.6. The van der Waals surface area contributed by atoms with Gasteiger partial charge in [0, 0.05) is 17.8 Å². The third-order valence-corrected chi connectivity index (χ3v) is 3.54. The van der Waals surface area contributed by atoms with Gasteiger partial charge in [-0.15, -0.1) is 0 Å². The Hall–Kier alpha value is -2.92. The van der Waals surface area contributed by atoms with Gasteiger partial charge in [-0.25, -0.2) is 4.79 Å². The number of aliphatic hydroxyl groups is 1. The van der Waals surface area contributed by atoms with Gasteiger partial charge in [0.25, 0.3) is 0 Å². The van der Waals surface area contributed by atoms with Crippen LogP contribution in [0.1, 0.15) is 17.2 Å². The Kier molecular flexibility index (Phi) is 3.48. The van der Waals surface area contributed by atoms with Crippen LogP contribution in [0.15, 0.2) is 54.6 Å². The molecule has 0 aliphatic heterocycles. The second kappa shape index (κ2) is 5.46. The predicted octanol–water partition coefficient (Wildman–Crippen LogP) is 2.33. The van der Waals surface area contributed by atoms with Gasteiger partial charge < -0.3 is 15.5 Å². The normalized spacial score (nSPS) is 15.4. The molecule has 0 fully saturated rings. The number of hydrogen-bond donors (Lipinski definition) is 3. The van der Waals surface area contributed by atoms with Crippen molar-refractivity contribution >= 4 is 17.6 Å². The van der Waals surface area contributed by atoms with Crippen molar-refractivity contribution in [1.29, 1.82) is 0 Å². The zero-order valence-corrected chi connectivity index (χ0v) is 11.5. The molecule has 5 nitrogen and oxygen atoms in total. The minimum absolute atomic E-state index is 0.519. The van der Waals surface area contributed by atoms with Gasteiger partial charge in [-0.05, 0) is 34.4 Å². The van der Waals surface area contributed by atoms with E-state index in [0.29, 0.717) is 5.69 Å². The fourth-order valence-electron chi connectivity index (χ4n) is 2.58. The number of nitrogens with one attached hydrogen (secondary N) is 1. The third kappa shape index (κ3) is 2.49. The molecule has 0 spiro atoms. The number of carbonyl (C=O) groups is 2. The van der Waals surface area contributed by atoms with Crippen LogP contribution >= 0.6 is 0 Å². The van der Waals surface area contributed by atoms with E-state index in [4.69, 9.17) is 5.11 Å². The Morgan fingerprint density at radius 3 is 2.50 bits per heavy atom. The van der Waals surface area contributed by atoms with E-state index in [1.54, 1.807) is 18.2 Å². The Bertz CT molecular complexity index is 795. The van der Waals surface area contributed by atoms with Crippen molar-refractivity contribution in [3.8, 4) is 11.1 Å². The molecular formula is C17H13NO4. The minimum Gasteiger partial charge on any atom is -0.478 e. The topological polar surface area (TPSA) is 86.6 Å². The lowest BCUT2D eigenvalue weighted by atomic mass is 10.1. The number of aliphatic carboxylic acids is 1. The van der Waals surface area contributed by atoms with Crippen LogP contribution in [0.25, 0.3) is 11.1 Å². The Balaban J connectivity index is 1.90. The fourth-order valence-corrected chi connectivity index (χ4v) is 2.58. The monoisotopic (exact) mass is 295 g/mol. The average Bonchev–Trinajstić information content (AvgIpc) is 2.79. The number of rotatable bonds is 3. The Labute approximate surface area is 126 Å². The van der Waals surface area contributed by atoms with Crippen molar-refractivity contribution in [3.63, 3.8) is 0 Å². The summed E-state index contributed by atoms with van der Waals surface area (Å²) in [4.78, 5) is 22.0. The first kappa shape index (κ1) is 14.0. The molecule has 3 rings (SSSR count). The molecule has 110 valence electrons. The molecular weight excluding hydrogens is 282 g/mol. The summed E-state index contributed by atoms with van der Waals surface area (Å²) >= 11 is 0. The summed E-state index contributed by atoms with van der Waals surface area (Å²) in [5, 5.41) is 21.4. The van der Waals surface area contributed by atoms with Gasteiger partial charge in [-0.3, -0.25) is 4.79 Å². The molecule has 0 saturated carbocycles. The number of hydrogen-bond acceptors (Lipinski definition) is 3. The number of anilines is 1. The summed E-state index contributed by atoms with van der Waals surface area (Å²) in [6.07, 6.45) is 1.07. The molecule has 1 aliphatic rings. The highest BCUT2D eigenvalue weighted by molar-refractivity contribution is 6.02. The molecule has 5 heteroatoms. The van der Waals surface area contributed by atoms with Crippen LogP contribution in [0, 0.1) is 0 Å². The van der Waals surface area contributed by atoms with Gasteiger partial charge in [0.2, 0.25) is 5.91 Å². The summed E-state index contributed by atoms with van der Waals surface area (Å²) < 4.78 is 0. The number of aliphatic hydroxyl groups excluding tert-OH is 1. The van der Waals surface area contributed by atoms with Gasteiger partial charge >= 0.3 is 5.97 Å². The van der Waals surface area contributed by atoms with Crippen molar-refractivity contribution in [1.82, 2.24) is 0 Å². The zero-order chi connectivity index (χ0) is 15.7. The minimum atomic E-state index is -1.18. The van der Waals surface area contributed by atoms with E-state index in [2.05, 4.69) is 5.32 Å². The van der Waals surface area contributed by atoms with Gasteiger partial charge in [0.05, 0.1) is 0 Å². The first-order valence-corrected chi connectivity index (χ1v) is 6.69. The van der Waals surface area contributed by atoms with Crippen molar-refractivity contribution in [2.75, 3.05) is 5.32 Å². The standard InChI is InChI=1S/C17H13NO4/c19-15(7-8-16(20)21)18-10-5-6-13-14(9-10)11-3-1-2-4-12(11)17(13)22/h1-9,17,22H,(H,18,19)(H,20,21)/b8-7-. The van der Waals surface area contributed by atoms with E-state index in [-0.39, 0.29) is 0 Å². The molecule has 0 bridgehead atoms. The number of carbonyl (C=O) groups excluding carboxylic acids is 1. The molecule has 22 heavy (non-hydrogen) atoms. The van der Waals surface area contributed by atoms with Crippen LogP contribution in [0.5, 0.6) is 0 Å². The first-order valence-electron chi connectivity index (χ1n) is 6.69. The summed E-state index contributed by atoms with van der Waals surface area (Å²) in [7, 11) is 0. The molecule has 2 aromatic rings. The second-order valence-corrected chi connectivity index (χ2v) is 4.95. The third-order valence-electron chi connectivity index (χ3n) is 3.54. The summed E-state index contributed by atoms with van der Waals surface area (Å²) in [5.41, 5.74) is 3.97. The highest BCUT2D eigenvalue weighted by atomic mass is 16.4. The predicted molar refractivity (Wildman–Crippen MR) is 81.3 cm³/mol. The molecule has 3 N–H and O–H groups in total. The van der Waals surface area contributed by atoms with Crippen molar-refractivity contribution < 1.29 is 19.8 Å².